The summed E-state index contributed by atoms with van der Waals surface area (Å²) in [4.78, 5) is 18.6. The zero-order chi connectivity index (χ0) is 13.1. The van der Waals surface area contributed by atoms with Gasteiger partial charge in [0, 0.05) is 17.3 Å². The topological polar surface area (TPSA) is 32.7 Å². The quantitative estimate of drug-likeness (QED) is 0.798. The molecule has 0 fully saturated rings. The molecule has 0 saturated carbocycles. The first-order chi connectivity index (χ1) is 8.58. The van der Waals surface area contributed by atoms with Gasteiger partial charge in [-0.25, -0.2) is 4.99 Å². The van der Waals surface area contributed by atoms with Crippen LogP contribution in [0.5, 0.6) is 0 Å². The van der Waals surface area contributed by atoms with E-state index >= 15 is 0 Å². The number of carbonyl (C=O) groups is 1. The molecule has 1 heterocycles. The molecule has 1 unspecified atom stereocenters. The fourth-order valence-corrected chi connectivity index (χ4v) is 2.22. The Morgan fingerprint density at radius 2 is 1.89 bits per heavy atom. The van der Waals surface area contributed by atoms with E-state index in [1.165, 1.54) is 0 Å². The molecule has 102 valence electrons. The van der Waals surface area contributed by atoms with Crippen LogP contribution in [-0.2, 0) is 0 Å². The second kappa shape index (κ2) is 6.66. The summed E-state index contributed by atoms with van der Waals surface area (Å²) in [6.07, 6.45) is 2.07. The third-order valence-corrected chi connectivity index (χ3v) is 3.14. The number of halogens is 1. The minimum absolute atomic E-state index is 0. The van der Waals surface area contributed by atoms with Crippen LogP contribution in [0.25, 0.3) is 0 Å². The maximum atomic E-state index is 12.2. The van der Waals surface area contributed by atoms with E-state index in [2.05, 4.69) is 18.0 Å². The molecular formula is C15H19BrN2O. The normalized spacial score (nSPS) is 18.3. The Labute approximate surface area is 124 Å². The third-order valence-electron chi connectivity index (χ3n) is 3.14. The Balaban J connectivity index is 0.00000180. The lowest BCUT2D eigenvalue weighted by Crippen LogP contribution is -2.41. The van der Waals surface area contributed by atoms with Gasteiger partial charge in [0.05, 0.1) is 6.54 Å². The Hall–Kier alpha value is -1.42. The SMILES string of the molecule is Br.CC1=CC(C)N(CC(=O)c2ccccc2)C(C)=N1. The van der Waals surface area contributed by atoms with Crippen LogP contribution >= 0.6 is 17.0 Å². The fourth-order valence-electron chi connectivity index (χ4n) is 2.22. The molecule has 3 nitrogen and oxygen atoms in total. The minimum Gasteiger partial charge on any atom is -0.346 e. The summed E-state index contributed by atoms with van der Waals surface area (Å²) in [5, 5.41) is 0. The molecule has 0 radical (unpaired) electrons. The molecule has 1 aromatic rings. The van der Waals surface area contributed by atoms with E-state index in [1.54, 1.807) is 0 Å². The number of allylic oxidation sites excluding steroid dienone is 1. The van der Waals surface area contributed by atoms with Crippen molar-refractivity contribution in [1.82, 2.24) is 4.90 Å². The van der Waals surface area contributed by atoms with Crippen LogP contribution in [0.2, 0.25) is 0 Å². The Morgan fingerprint density at radius 1 is 1.26 bits per heavy atom. The van der Waals surface area contributed by atoms with Gasteiger partial charge in [-0.15, -0.1) is 17.0 Å². The summed E-state index contributed by atoms with van der Waals surface area (Å²) >= 11 is 0. The number of Topliss-reactive ketones (excluding diaryl/α,β-unsaturated/α-hetero) is 1. The second-order valence-electron chi connectivity index (χ2n) is 4.62. The number of aliphatic imine (C=N–C) groups is 1. The van der Waals surface area contributed by atoms with Crippen LogP contribution in [0.3, 0.4) is 0 Å². The summed E-state index contributed by atoms with van der Waals surface area (Å²) in [5.41, 5.74) is 1.77. The number of benzene rings is 1. The van der Waals surface area contributed by atoms with Gasteiger partial charge in [0.1, 0.15) is 5.84 Å². The van der Waals surface area contributed by atoms with E-state index in [0.717, 1.165) is 17.1 Å². The highest BCUT2D eigenvalue weighted by Crippen LogP contribution is 2.14. The standard InChI is InChI=1S/C15H18N2O.BrH/c1-11-9-12(2)17(13(3)16-11)10-15(18)14-7-5-4-6-8-14;/h4-9,12H,10H2,1-3H3;1H. The zero-order valence-electron chi connectivity index (χ0n) is 11.5. The zero-order valence-corrected chi connectivity index (χ0v) is 13.2. The van der Waals surface area contributed by atoms with Crippen molar-refractivity contribution in [2.45, 2.75) is 26.8 Å². The highest BCUT2D eigenvalue weighted by molar-refractivity contribution is 8.93. The molecule has 0 saturated heterocycles. The van der Waals surface area contributed by atoms with Gasteiger partial charge in [-0.1, -0.05) is 30.3 Å². The largest absolute Gasteiger partial charge is 0.346 e. The molecule has 0 aliphatic carbocycles. The lowest BCUT2D eigenvalue weighted by atomic mass is 10.1. The maximum Gasteiger partial charge on any atom is 0.182 e. The van der Waals surface area contributed by atoms with Gasteiger partial charge >= 0.3 is 0 Å². The van der Waals surface area contributed by atoms with Crippen LogP contribution in [-0.4, -0.2) is 29.1 Å². The summed E-state index contributed by atoms with van der Waals surface area (Å²) in [6, 6.07) is 9.61. The van der Waals surface area contributed by atoms with Gasteiger partial charge in [-0.05, 0) is 26.8 Å². The first kappa shape index (κ1) is 15.6. The number of carbonyl (C=O) groups excluding carboxylic acids is 1. The van der Waals surface area contributed by atoms with Crippen LogP contribution in [0.15, 0.2) is 47.1 Å². The summed E-state index contributed by atoms with van der Waals surface area (Å²) in [7, 11) is 0. The van der Waals surface area contributed by atoms with E-state index in [-0.39, 0.29) is 28.8 Å². The van der Waals surface area contributed by atoms with Gasteiger partial charge in [-0.3, -0.25) is 4.79 Å². The maximum absolute atomic E-state index is 12.2. The monoisotopic (exact) mass is 322 g/mol. The van der Waals surface area contributed by atoms with Crippen molar-refractivity contribution in [3.63, 3.8) is 0 Å². The Morgan fingerprint density at radius 3 is 2.47 bits per heavy atom. The van der Waals surface area contributed by atoms with E-state index in [1.807, 2.05) is 49.1 Å². The molecule has 19 heavy (non-hydrogen) atoms. The first-order valence-corrected chi connectivity index (χ1v) is 6.16. The summed E-state index contributed by atoms with van der Waals surface area (Å²) in [5.74, 6) is 1.04. The molecule has 1 aliphatic heterocycles. The van der Waals surface area contributed by atoms with E-state index in [4.69, 9.17) is 0 Å². The van der Waals surface area contributed by atoms with Gasteiger partial charge in [0.25, 0.3) is 0 Å². The van der Waals surface area contributed by atoms with Gasteiger partial charge < -0.3 is 4.90 Å². The predicted octanol–water partition coefficient (Wildman–Crippen LogP) is 3.47. The van der Waals surface area contributed by atoms with E-state index in [9.17, 15) is 4.79 Å². The lowest BCUT2D eigenvalue weighted by Gasteiger charge is -2.31. The number of nitrogens with zero attached hydrogens (tertiary/aromatic N) is 2. The average molecular weight is 323 g/mol. The van der Waals surface area contributed by atoms with Gasteiger partial charge in [0.2, 0.25) is 0 Å². The van der Waals surface area contributed by atoms with Crippen molar-refractivity contribution in [2.24, 2.45) is 4.99 Å². The van der Waals surface area contributed by atoms with Crippen molar-refractivity contribution in [2.75, 3.05) is 6.54 Å². The summed E-state index contributed by atoms with van der Waals surface area (Å²) < 4.78 is 0. The van der Waals surface area contributed by atoms with Crippen LogP contribution in [0.1, 0.15) is 31.1 Å². The van der Waals surface area contributed by atoms with Crippen molar-refractivity contribution in [1.29, 1.82) is 0 Å². The van der Waals surface area contributed by atoms with Crippen molar-refractivity contribution >= 4 is 28.6 Å². The highest BCUT2D eigenvalue weighted by Gasteiger charge is 2.20. The number of ketones is 1. The molecule has 0 N–H and O–H groups in total. The fraction of sp³-hybridized carbons (Fsp3) is 0.333. The molecule has 0 amide bonds. The number of hydrogen-bond donors (Lipinski definition) is 0. The molecule has 0 aromatic heterocycles. The summed E-state index contributed by atoms with van der Waals surface area (Å²) in [6.45, 7) is 6.39. The van der Waals surface area contributed by atoms with Crippen LogP contribution in [0, 0.1) is 0 Å². The van der Waals surface area contributed by atoms with Gasteiger partial charge in [-0.2, -0.15) is 0 Å². The number of hydrogen-bond acceptors (Lipinski definition) is 3. The number of amidine groups is 1. The van der Waals surface area contributed by atoms with Crippen molar-refractivity contribution in [3.05, 3.63) is 47.7 Å². The van der Waals surface area contributed by atoms with Crippen molar-refractivity contribution in [3.8, 4) is 0 Å². The molecule has 4 heteroatoms. The molecule has 1 aliphatic rings. The Kier molecular flexibility index (Phi) is 5.48. The molecule has 0 spiro atoms. The average Bonchev–Trinajstić information content (AvgIpc) is 2.34. The molecule has 0 bridgehead atoms. The predicted molar refractivity (Wildman–Crippen MR) is 84.1 cm³/mol. The van der Waals surface area contributed by atoms with E-state index in [0.29, 0.717) is 6.54 Å². The molecular weight excluding hydrogens is 304 g/mol. The van der Waals surface area contributed by atoms with Crippen LogP contribution in [0.4, 0.5) is 0 Å². The van der Waals surface area contributed by atoms with Crippen LogP contribution < -0.4 is 0 Å². The smallest absolute Gasteiger partial charge is 0.182 e. The number of rotatable bonds is 3. The third kappa shape index (κ3) is 3.77. The highest BCUT2D eigenvalue weighted by atomic mass is 79.9. The Bertz CT molecular complexity index is 508. The lowest BCUT2D eigenvalue weighted by molar-refractivity contribution is 0.0955. The van der Waals surface area contributed by atoms with E-state index < -0.39 is 0 Å². The minimum atomic E-state index is 0. The molecule has 2 rings (SSSR count). The van der Waals surface area contributed by atoms with Crippen molar-refractivity contribution < 1.29 is 4.79 Å². The second-order valence-corrected chi connectivity index (χ2v) is 4.62. The molecule has 1 aromatic carbocycles. The molecule has 1 atom stereocenters. The van der Waals surface area contributed by atoms with Gasteiger partial charge in [0.15, 0.2) is 5.78 Å². The first-order valence-electron chi connectivity index (χ1n) is 6.16.